The molecule has 0 spiro atoms. The second-order valence-electron chi connectivity index (χ2n) is 5.85. The molecule has 0 bridgehead atoms. The van der Waals surface area contributed by atoms with E-state index in [0.29, 0.717) is 5.82 Å². The summed E-state index contributed by atoms with van der Waals surface area (Å²) in [5.41, 5.74) is 2.95. The molecule has 0 atom stereocenters. The number of nitrogens with zero attached hydrogens (tertiary/aromatic N) is 4. The molecule has 5 heteroatoms. The van der Waals surface area contributed by atoms with Crippen LogP contribution in [0.5, 0.6) is 0 Å². The van der Waals surface area contributed by atoms with Gasteiger partial charge in [-0.25, -0.2) is 15.0 Å². The van der Waals surface area contributed by atoms with Crippen molar-refractivity contribution in [2.45, 2.75) is 13.3 Å². The molecule has 2 heterocycles. The molecule has 0 unspecified atom stereocenters. The summed E-state index contributed by atoms with van der Waals surface area (Å²) in [7, 11) is 1.69. The van der Waals surface area contributed by atoms with Gasteiger partial charge in [0.25, 0.3) is 0 Å². The van der Waals surface area contributed by atoms with Crippen LogP contribution in [0.15, 0.2) is 66.9 Å². The van der Waals surface area contributed by atoms with Crippen molar-refractivity contribution in [1.82, 2.24) is 19.5 Å². The lowest BCUT2D eigenvalue weighted by molar-refractivity contribution is 0.285. The Morgan fingerprint density at radius 1 is 1.16 bits per heavy atom. The Morgan fingerprint density at radius 3 is 2.88 bits per heavy atom. The van der Waals surface area contributed by atoms with Crippen molar-refractivity contribution in [1.29, 1.82) is 0 Å². The number of methoxy groups -OCH3 is 1. The van der Waals surface area contributed by atoms with E-state index in [-0.39, 0.29) is 0 Å². The van der Waals surface area contributed by atoms with Gasteiger partial charge in [-0.05, 0) is 37.3 Å². The van der Waals surface area contributed by atoms with E-state index in [1.54, 1.807) is 13.3 Å². The largest absolute Gasteiger partial charge is 0.501 e. The van der Waals surface area contributed by atoms with Gasteiger partial charge in [0.2, 0.25) is 0 Å². The van der Waals surface area contributed by atoms with E-state index in [0.717, 1.165) is 40.2 Å². The third kappa shape index (κ3) is 2.96. The summed E-state index contributed by atoms with van der Waals surface area (Å²) in [6.45, 7) is 1.98. The molecule has 0 amide bonds. The molecule has 1 aromatic carbocycles. The Bertz CT molecular complexity index is 1030. The fourth-order valence-corrected chi connectivity index (χ4v) is 2.87. The van der Waals surface area contributed by atoms with Gasteiger partial charge >= 0.3 is 0 Å². The Morgan fingerprint density at radius 2 is 2.08 bits per heavy atom. The molecule has 5 nitrogen and oxygen atoms in total. The first-order valence-corrected chi connectivity index (χ1v) is 8.13. The number of imidazole rings is 1. The van der Waals surface area contributed by atoms with E-state index < -0.39 is 0 Å². The van der Waals surface area contributed by atoms with Crippen molar-refractivity contribution in [2.75, 3.05) is 7.11 Å². The first kappa shape index (κ1) is 15.3. The Labute approximate surface area is 146 Å². The lowest BCUT2D eigenvalue weighted by Crippen LogP contribution is -1.97. The van der Waals surface area contributed by atoms with Crippen molar-refractivity contribution in [3.63, 3.8) is 0 Å². The number of ether oxygens (including phenoxy) is 1. The van der Waals surface area contributed by atoms with Gasteiger partial charge in [0.05, 0.1) is 18.4 Å². The quantitative estimate of drug-likeness (QED) is 0.728. The van der Waals surface area contributed by atoms with Crippen LogP contribution in [-0.4, -0.2) is 26.6 Å². The minimum Gasteiger partial charge on any atom is -0.501 e. The van der Waals surface area contributed by atoms with Crippen LogP contribution in [-0.2, 0) is 4.74 Å². The summed E-state index contributed by atoms with van der Waals surface area (Å²) in [5, 5.41) is 1.00. The average Bonchev–Trinajstić information content (AvgIpc) is 2.93. The van der Waals surface area contributed by atoms with E-state index in [1.165, 1.54) is 0 Å². The summed E-state index contributed by atoms with van der Waals surface area (Å²) >= 11 is 0. The van der Waals surface area contributed by atoms with Crippen LogP contribution in [0.2, 0.25) is 0 Å². The van der Waals surface area contributed by atoms with Gasteiger partial charge < -0.3 is 9.30 Å². The first-order valence-electron chi connectivity index (χ1n) is 8.13. The second kappa shape index (κ2) is 6.36. The molecule has 0 fully saturated rings. The van der Waals surface area contributed by atoms with Crippen LogP contribution in [0.25, 0.3) is 22.2 Å². The lowest BCUT2D eigenvalue weighted by atomic mass is 10.2. The molecular formula is C20H18N4O. The SMILES string of the molecule is COC1=CC=C(c2ncc3cc(-n4ccnc4C)ccc3n2)C=CC1. The Hall–Kier alpha value is -3.21. The molecule has 1 aliphatic carbocycles. The van der Waals surface area contributed by atoms with Crippen LogP contribution in [0.4, 0.5) is 0 Å². The number of hydrogen-bond acceptors (Lipinski definition) is 4. The predicted octanol–water partition coefficient (Wildman–Crippen LogP) is 4.00. The highest BCUT2D eigenvalue weighted by atomic mass is 16.5. The predicted molar refractivity (Wildman–Crippen MR) is 98.2 cm³/mol. The molecule has 124 valence electrons. The number of aromatic nitrogens is 4. The number of allylic oxidation sites excluding steroid dienone is 5. The van der Waals surface area contributed by atoms with Gasteiger partial charge in [-0.3, -0.25) is 0 Å². The van der Waals surface area contributed by atoms with Gasteiger partial charge in [0, 0.05) is 41.7 Å². The van der Waals surface area contributed by atoms with E-state index in [2.05, 4.69) is 22.1 Å². The zero-order chi connectivity index (χ0) is 17.2. The normalized spacial score (nSPS) is 14.2. The molecule has 25 heavy (non-hydrogen) atoms. The highest BCUT2D eigenvalue weighted by molar-refractivity contribution is 5.82. The molecule has 0 saturated carbocycles. The molecule has 0 radical (unpaired) electrons. The van der Waals surface area contributed by atoms with E-state index in [1.807, 2.05) is 54.2 Å². The van der Waals surface area contributed by atoms with Crippen molar-refractivity contribution in [3.8, 4) is 5.69 Å². The van der Waals surface area contributed by atoms with Crippen molar-refractivity contribution in [3.05, 3.63) is 78.5 Å². The van der Waals surface area contributed by atoms with Crippen molar-refractivity contribution in [2.24, 2.45) is 0 Å². The molecule has 0 N–H and O–H groups in total. The second-order valence-corrected chi connectivity index (χ2v) is 5.85. The number of fused-ring (bicyclic) bond motifs is 1. The monoisotopic (exact) mass is 330 g/mol. The standard InChI is InChI=1S/C20H18N4O/c1-14-21-10-11-24(14)17-7-9-19-16(12-17)13-22-20(23-19)15-4-3-5-18(25-2)8-6-15/h3-4,6-13H,5H2,1-2H3. The minimum absolute atomic E-state index is 0.712. The topological polar surface area (TPSA) is 52.8 Å². The Balaban J connectivity index is 1.73. The van der Waals surface area contributed by atoms with Crippen LogP contribution in [0.3, 0.4) is 0 Å². The molecule has 1 aliphatic rings. The zero-order valence-corrected chi connectivity index (χ0v) is 14.2. The van der Waals surface area contributed by atoms with Gasteiger partial charge in [-0.15, -0.1) is 0 Å². The number of rotatable bonds is 3. The third-order valence-corrected chi connectivity index (χ3v) is 4.25. The van der Waals surface area contributed by atoms with Crippen molar-refractivity contribution < 1.29 is 4.74 Å². The maximum atomic E-state index is 5.30. The molecule has 0 aliphatic heterocycles. The Kier molecular flexibility index (Phi) is 3.90. The van der Waals surface area contributed by atoms with Crippen molar-refractivity contribution >= 4 is 16.5 Å². The van der Waals surface area contributed by atoms with Gasteiger partial charge in [0.15, 0.2) is 5.82 Å². The van der Waals surface area contributed by atoms with Crippen LogP contribution < -0.4 is 0 Å². The highest BCUT2D eigenvalue weighted by Gasteiger charge is 2.08. The molecule has 3 aromatic rings. The number of hydrogen-bond donors (Lipinski definition) is 0. The summed E-state index contributed by atoms with van der Waals surface area (Å²) in [5.74, 6) is 2.59. The molecular weight excluding hydrogens is 312 g/mol. The van der Waals surface area contributed by atoms with Gasteiger partial charge in [-0.2, -0.15) is 0 Å². The molecule has 0 saturated heterocycles. The average molecular weight is 330 g/mol. The summed E-state index contributed by atoms with van der Waals surface area (Å²) < 4.78 is 7.34. The lowest BCUT2D eigenvalue weighted by Gasteiger charge is -2.07. The smallest absolute Gasteiger partial charge is 0.159 e. The fraction of sp³-hybridized carbons (Fsp3) is 0.150. The maximum Gasteiger partial charge on any atom is 0.159 e. The van der Waals surface area contributed by atoms with Gasteiger partial charge in [0.1, 0.15) is 5.82 Å². The summed E-state index contributed by atoms with van der Waals surface area (Å²) in [6, 6.07) is 6.15. The molecule has 4 rings (SSSR count). The van der Waals surface area contributed by atoms with Crippen LogP contribution in [0.1, 0.15) is 18.1 Å². The minimum atomic E-state index is 0.712. The van der Waals surface area contributed by atoms with Crippen LogP contribution in [0, 0.1) is 6.92 Å². The van der Waals surface area contributed by atoms with E-state index in [9.17, 15) is 0 Å². The molecule has 2 aromatic heterocycles. The third-order valence-electron chi connectivity index (χ3n) is 4.25. The summed E-state index contributed by atoms with van der Waals surface area (Å²) in [6.07, 6.45) is 14.4. The fourth-order valence-electron chi connectivity index (χ4n) is 2.87. The first-order chi connectivity index (χ1) is 12.2. The number of benzene rings is 1. The highest BCUT2D eigenvalue weighted by Crippen LogP contribution is 2.22. The van der Waals surface area contributed by atoms with E-state index in [4.69, 9.17) is 9.72 Å². The zero-order valence-electron chi connectivity index (χ0n) is 14.2. The maximum absolute atomic E-state index is 5.30. The van der Waals surface area contributed by atoms with Gasteiger partial charge in [-0.1, -0.05) is 12.2 Å². The van der Waals surface area contributed by atoms with Crippen LogP contribution >= 0.6 is 0 Å². The number of aryl methyl sites for hydroxylation is 1. The van der Waals surface area contributed by atoms with E-state index >= 15 is 0 Å². The summed E-state index contributed by atoms with van der Waals surface area (Å²) in [4.78, 5) is 13.5.